The minimum atomic E-state index is -0.823. The molecular formula is C18H15N3O5. The number of hydrogen-bond acceptors (Lipinski definition) is 7. The Morgan fingerprint density at radius 1 is 1.15 bits per heavy atom. The molecule has 3 aromatic rings. The highest BCUT2D eigenvalue weighted by molar-refractivity contribution is 5.89. The van der Waals surface area contributed by atoms with Crippen molar-refractivity contribution in [3.63, 3.8) is 0 Å². The van der Waals surface area contributed by atoms with Gasteiger partial charge >= 0.3 is 11.8 Å². The van der Waals surface area contributed by atoms with Crippen molar-refractivity contribution in [3.8, 4) is 22.9 Å². The van der Waals surface area contributed by atoms with Crippen molar-refractivity contribution in [2.75, 3.05) is 13.3 Å². The number of aromatic nitrogens is 2. The van der Waals surface area contributed by atoms with Crippen LogP contribution in [-0.2, 0) is 0 Å². The largest absolute Gasteiger partial charge is 0.454 e. The van der Waals surface area contributed by atoms with Gasteiger partial charge in [-0.3, -0.25) is 4.79 Å². The molecule has 1 aromatic heterocycles. The maximum atomic E-state index is 12.1. The number of hydrogen-bond donors (Lipinski definition) is 2. The topological polar surface area (TPSA) is 107 Å². The lowest BCUT2D eigenvalue weighted by atomic mass is 10.1. The summed E-state index contributed by atoms with van der Waals surface area (Å²) in [4.78, 5) is 16.2. The number of nitrogens with one attached hydrogen (secondary N) is 1. The molecule has 2 aromatic carbocycles. The minimum Gasteiger partial charge on any atom is -0.454 e. The predicted molar refractivity (Wildman–Crippen MR) is 89.6 cm³/mol. The summed E-state index contributed by atoms with van der Waals surface area (Å²) in [7, 11) is 0. The van der Waals surface area contributed by atoms with Gasteiger partial charge < -0.3 is 24.4 Å². The smallest absolute Gasteiger partial charge is 0.316 e. The Balaban J connectivity index is 1.42. The third kappa shape index (κ3) is 3.22. The van der Waals surface area contributed by atoms with Gasteiger partial charge in [0.25, 0.3) is 0 Å². The lowest BCUT2D eigenvalue weighted by molar-refractivity contribution is 0.0873. The molecule has 0 unspecified atom stereocenters. The van der Waals surface area contributed by atoms with Gasteiger partial charge in [0.1, 0.15) is 0 Å². The molecule has 8 nitrogen and oxygen atoms in total. The molecule has 2 heterocycles. The van der Waals surface area contributed by atoms with Crippen LogP contribution >= 0.6 is 0 Å². The fourth-order valence-corrected chi connectivity index (χ4v) is 2.53. The van der Waals surface area contributed by atoms with E-state index in [4.69, 9.17) is 14.0 Å². The molecule has 0 saturated heterocycles. The molecule has 0 spiro atoms. The maximum absolute atomic E-state index is 12.1. The second-order valence-corrected chi connectivity index (χ2v) is 5.63. The van der Waals surface area contributed by atoms with Crippen LogP contribution < -0.4 is 14.8 Å². The number of benzene rings is 2. The standard InChI is InChI=1S/C18H15N3O5/c22-13(11-4-2-1-3-5-11)9-19-17(23)18-20-16(21-26-18)12-6-7-14-15(8-12)25-10-24-14/h1-8,13,22H,9-10H2,(H,19,23)/t13-/m1/s1. The van der Waals surface area contributed by atoms with Gasteiger partial charge in [0, 0.05) is 12.1 Å². The van der Waals surface area contributed by atoms with Crippen molar-refractivity contribution in [2.45, 2.75) is 6.10 Å². The van der Waals surface area contributed by atoms with Crippen molar-refractivity contribution < 1.29 is 23.9 Å². The lowest BCUT2D eigenvalue weighted by Crippen LogP contribution is -2.28. The van der Waals surface area contributed by atoms with Crippen molar-refractivity contribution in [1.29, 1.82) is 0 Å². The fourth-order valence-electron chi connectivity index (χ4n) is 2.53. The molecule has 0 radical (unpaired) electrons. The van der Waals surface area contributed by atoms with Crippen LogP contribution in [0.25, 0.3) is 11.4 Å². The number of carbonyl (C=O) groups excluding carboxylic acids is 1. The van der Waals surface area contributed by atoms with Crippen molar-refractivity contribution in [2.24, 2.45) is 0 Å². The van der Waals surface area contributed by atoms with E-state index in [1.54, 1.807) is 30.3 Å². The van der Waals surface area contributed by atoms with E-state index in [1.807, 2.05) is 18.2 Å². The van der Waals surface area contributed by atoms with E-state index in [0.717, 1.165) is 0 Å². The Morgan fingerprint density at radius 2 is 1.96 bits per heavy atom. The fraction of sp³-hybridized carbons (Fsp3) is 0.167. The van der Waals surface area contributed by atoms with E-state index in [0.29, 0.717) is 22.6 Å². The molecule has 1 amide bonds. The second-order valence-electron chi connectivity index (χ2n) is 5.63. The van der Waals surface area contributed by atoms with Crippen LogP contribution in [0.3, 0.4) is 0 Å². The van der Waals surface area contributed by atoms with Crippen LogP contribution in [0.1, 0.15) is 22.4 Å². The molecule has 2 N–H and O–H groups in total. The summed E-state index contributed by atoms with van der Waals surface area (Å²) in [6.07, 6.45) is -0.823. The van der Waals surface area contributed by atoms with Crippen molar-refractivity contribution >= 4 is 5.91 Å². The second kappa shape index (κ2) is 6.85. The van der Waals surface area contributed by atoms with Crippen molar-refractivity contribution in [1.82, 2.24) is 15.5 Å². The molecule has 0 fully saturated rings. The Labute approximate surface area is 148 Å². The molecule has 4 rings (SSSR count). The zero-order valence-corrected chi connectivity index (χ0v) is 13.6. The lowest BCUT2D eigenvalue weighted by Gasteiger charge is -2.10. The first-order valence-electron chi connectivity index (χ1n) is 7.95. The number of carbonyl (C=O) groups is 1. The van der Waals surface area contributed by atoms with Crippen LogP contribution in [0.4, 0.5) is 0 Å². The van der Waals surface area contributed by atoms with Crippen LogP contribution in [0, 0.1) is 0 Å². The van der Waals surface area contributed by atoms with Crippen LogP contribution in [0.2, 0.25) is 0 Å². The summed E-state index contributed by atoms with van der Waals surface area (Å²) in [5.41, 5.74) is 1.35. The zero-order valence-electron chi connectivity index (χ0n) is 13.6. The normalized spacial score (nSPS) is 13.4. The number of aliphatic hydroxyl groups excluding tert-OH is 1. The summed E-state index contributed by atoms with van der Waals surface area (Å²) in [6.45, 7) is 0.201. The summed E-state index contributed by atoms with van der Waals surface area (Å²) < 4.78 is 15.6. The highest BCUT2D eigenvalue weighted by Gasteiger charge is 2.20. The van der Waals surface area contributed by atoms with Gasteiger partial charge in [-0.25, -0.2) is 0 Å². The van der Waals surface area contributed by atoms with Gasteiger partial charge in [-0.2, -0.15) is 4.98 Å². The molecule has 0 saturated carbocycles. The predicted octanol–water partition coefficient (Wildman–Crippen LogP) is 1.93. The van der Waals surface area contributed by atoms with Crippen LogP contribution in [-0.4, -0.2) is 34.5 Å². The molecule has 1 atom stereocenters. The van der Waals surface area contributed by atoms with Crippen molar-refractivity contribution in [3.05, 3.63) is 60.0 Å². The maximum Gasteiger partial charge on any atom is 0.316 e. The van der Waals surface area contributed by atoms with Gasteiger partial charge in [-0.05, 0) is 23.8 Å². The highest BCUT2D eigenvalue weighted by Crippen LogP contribution is 2.35. The Kier molecular flexibility index (Phi) is 4.24. The third-order valence-electron chi connectivity index (χ3n) is 3.89. The average molecular weight is 353 g/mol. The number of amides is 1. The van der Waals surface area contributed by atoms with E-state index in [1.165, 1.54) is 0 Å². The molecule has 0 aliphatic carbocycles. The molecular weight excluding hydrogens is 338 g/mol. The van der Waals surface area contributed by atoms with E-state index >= 15 is 0 Å². The molecule has 132 valence electrons. The number of nitrogens with zero attached hydrogens (tertiary/aromatic N) is 2. The monoisotopic (exact) mass is 353 g/mol. The minimum absolute atomic E-state index is 0.0323. The van der Waals surface area contributed by atoms with Gasteiger partial charge in [-0.15, -0.1) is 0 Å². The van der Waals surface area contributed by atoms with Crippen LogP contribution in [0.5, 0.6) is 11.5 Å². The van der Waals surface area contributed by atoms with Gasteiger partial charge in [0.05, 0.1) is 6.10 Å². The number of rotatable bonds is 5. The quantitative estimate of drug-likeness (QED) is 0.722. The van der Waals surface area contributed by atoms with E-state index in [-0.39, 0.29) is 25.1 Å². The summed E-state index contributed by atoms with van der Waals surface area (Å²) in [5.74, 6) is 0.754. The Morgan fingerprint density at radius 3 is 2.81 bits per heavy atom. The van der Waals surface area contributed by atoms with Gasteiger partial charge in [0.15, 0.2) is 11.5 Å². The SMILES string of the molecule is O=C(NC[C@@H](O)c1ccccc1)c1nc(-c2ccc3c(c2)OCO3)no1. The van der Waals surface area contributed by atoms with E-state index in [2.05, 4.69) is 15.5 Å². The summed E-state index contributed by atoms with van der Waals surface area (Å²) in [6, 6.07) is 14.2. The number of ether oxygens (including phenoxy) is 2. The molecule has 0 bridgehead atoms. The van der Waals surface area contributed by atoms with Gasteiger partial charge in [-0.1, -0.05) is 35.5 Å². The molecule has 8 heteroatoms. The van der Waals surface area contributed by atoms with E-state index in [9.17, 15) is 9.90 Å². The number of fused-ring (bicyclic) bond motifs is 1. The third-order valence-corrected chi connectivity index (χ3v) is 3.89. The van der Waals surface area contributed by atoms with Gasteiger partial charge in [0.2, 0.25) is 12.6 Å². The number of aliphatic hydroxyl groups is 1. The summed E-state index contributed by atoms with van der Waals surface area (Å²) in [5, 5.41) is 16.5. The summed E-state index contributed by atoms with van der Waals surface area (Å²) >= 11 is 0. The first-order chi connectivity index (χ1) is 12.7. The first-order valence-corrected chi connectivity index (χ1v) is 7.95. The highest BCUT2D eigenvalue weighted by atomic mass is 16.7. The Hall–Kier alpha value is -3.39. The first kappa shape index (κ1) is 16.1. The Bertz CT molecular complexity index is 926. The zero-order chi connectivity index (χ0) is 17.9. The molecule has 1 aliphatic heterocycles. The van der Waals surface area contributed by atoms with E-state index < -0.39 is 12.0 Å². The average Bonchev–Trinajstić information content (AvgIpc) is 3.35. The molecule has 1 aliphatic rings. The van der Waals surface area contributed by atoms with Crippen LogP contribution in [0.15, 0.2) is 53.1 Å². The molecule has 26 heavy (non-hydrogen) atoms.